The van der Waals surface area contributed by atoms with Crippen LogP contribution >= 0.6 is 11.6 Å². The highest BCUT2D eigenvalue weighted by Gasteiger charge is 1.99. The first-order valence-corrected chi connectivity index (χ1v) is 2.54. The third-order valence-corrected chi connectivity index (χ3v) is 1.09. The van der Waals surface area contributed by atoms with Crippen LogP contribution in [-0.4, -0.2) is 5.21 Å². The van der Waals surface area contributed by atoms with Crippen molar-refractivity contribution in [3.63, 3.8) is 0 Å². The predicted octanol–water partition coefficient (Wildman–Crippen LogP) is 0.865. The highest BCUT2D eigenvalue weighted by atomic mass is 35.5. The fourth-order valence-electron chi connectivity index (χ4n) is 0.414. The molecular weight excluding hydrogens is 126 g/mol. The van der Waals surface area contributed by atoms with E-state index in [-0.39, 0.29) is 0 Å². The van der Waals surface area contributed by atoms with Crippen molar-refractivity contribution in [2.24, 2.45) is 0 Å². The van der Waals surface area contributed by atoms with Gasteiger partial charge >= 0.3 is 5.15 Å². The molecule has 0 unspecified atom stereocenters. The molecule has 2 nitrogen and oxygen atoms in total. The molecule has 1 heterocycles. The molecule has 0 fully saturated rings. The number of hydrogen-bond acceptors (Lipinski definition) is 1. The number of halogens is 1. The summed E-state index contributed by atoms with van der Waals surface area (Å²) in [5, 5.41) is 9.02. The maximum Gasteiger partial charge on any atom is 0.324 e. The molecule has 0 saturated carbocycles. The van der Waals surface area contributed by atoms with Gasteiger partial charge in [0.05, 0.1) is 0 Å². The first-order chi connectivity index (χ1) is 3.80. The van der Waals surface area contributed by atoms with Gasteiger partial charge in [0.1, 0.15) is 0 Å². The van der Waals surface area contributed by atoms with Crippen LogP contribution in [0, 0.1) is 0 Å². The van der Waals surface area contributed by atoms with Crippen LogP contribution in [0.3, 0.4) is 0 Å². The van der Waals surface area contributed by atoms with Gasteiger partial charge in [0.15, 0.2) is 0 Å². The second-order valence-electron chi connectivity index (χ2n) is 1.37. The molecule has 0 amide bonds. The van der Waals surface area contributed by atoms with Crippen LogP contribution in [0.5, 0.6) is 0 Å². The van der Waals surface area contributed by atoms with E-state index < -0.39 is 0 Å². The minimum atomic E-state index is 0.313. The quantitative estimate of drug-likeness (QED) is 0.315. The number of pyridine rings is 1. The van der Waals surface area contributed by atoms with E-state index in [1.807, 2.05) is 0 Å². The lowest BCUT2D eigenvalue weighted by atomic mass is 10.5. The zero-order valence-corrected chi connectivity index (χ0v) is 4.84. The van der Waals surface area contributed by atoms with Crippen molar-refractivity contribution in [1.29, 1.82) is 0 Å². The van der Waals surface area contributed by atoms with Gasteiger partial charge in [0.25, 0.3) is 0 Å². The Morgan fingerprint density at radius 2 is 2.25 bits per heavy atom. The van der Waals surface area contributed by atoms with E-state index in [0.717, 1.165) is 4.73 Å². The Hall–Kier alpha value is -0.760. The lowest BCUT2D eigenvalue weighted by molar-refractivity contribution is -0.903. The van der Waals surface area contributed by atoms with Crippen LogP contribution in [0.15, 0.2) is 24.4 Å². The molecule has 1 aromatic rings. The lowest BCUT2D eigenvalue weighted by Gasteiger charge is -1.80. The standard InChI is InChI=1S/C5H5ClNO/c6-5-3-1-2-4-7(5)8/h1-4,8H/q+1. The molecule has 0 bridgehead atoms. The molecule has 1 aromatic heterocycles. The van der Waals surface area contributed by atoms with Crippen LogP contribution in [0.2, 0.25) is 5.15 Å². The Bertz CT molecular complexity index is 169. The molecule has 0 aliphatic rings. The second-order valence-corrected chi connectivity index (χ2v) is 1.76. The molecule has 0 atom stereocenters. The van der Waals surface area contributed by atoms with Gasteiger partial charge in [0, 0.05) is 16.9 Å². The van der Waals surface area contributed by atoms with Crippen LogP contribution in [0.25, 0.3) is 0 Å². The van der Waals surface area contributed by atoms with Crippen LogP contribution < -0.4 is 4.73 Å². The average molecular weight is 131 g/mol. The maximum atomic E-state index is 8.70. The maximum absolute atomic E-state index is 8.70. The Morgan fingerprint density at radius 1 is 1.50 bits per heavy atom. The lowest BCUT2D eigenvalue weighted by Crippen LogP contribution is -2.29. The first kappa shape index (κ1) is 5.38. The summed E-state index contributed by atoms with van der Waals surface area (Å²) < 4.78 is 0.849. The third-order valence-electron chi connectivity index (χ3n) is 0.791. The summed E-state index contributed by atoms with van der Waals surface area (Å²) in [6, 6.07) is 5.03. The first-order valence-electron chi connectivity index (χ1n) is 2.16. The Kier molecular flexibility index (Phi) is 1.35. The van der Waals surface area contributed by atoms with Gasteiger partial charge in [-0.05, 0) is 17.7 Å². The Balaban J connectivity index is 3.13. The van der Waals surface area contributed by atoms with Crippen molar-refractivity contribution in [2.45, 2.75) is 0 Å². The van der Waals surface area contributed by atoms with Crippen molar-refractivity contribution in [3.8, 4) is 0 Å². The summed E-state index contributed by atoms with van der Waals surface area (Å²) in [5.74, 6) is 0. The Labute approximate surface area is 51.9 Å². The summed E-state index contributed by atoms with van der Waals surface area (Å²) in [7, 11) is 0. The molecule has 0 aliphatic carbocycles. The van der Waals surface area contributed by atoms with Crippen molar-refractivity contribution in [3.05, 3.63) is 29.5 Å². The molecule has 1 N–H and O–H groups in total. The predicted molar refractivity (Wildman–Crippen MR) is 28.8 cm³/mol. The highest BCUT2D eigenvalue weighted by molar-refractivity contribution is 6.28. The summed E-state index contributed by atoms with van der Waals surface area (Å²) in [4.78, 5) is 0. The summed E-state index contributed by atoms with van der Waals surface area (Å²) in [6.07, 6.45) is 1.46. The van der Waals surface area contributed by atoms with Crippen molar-refractivity contribution < 1.29 is 9.94 Å². The summed E-state index contributed by atoms with van der Waals surface area (Å²) in [5.41, 5.74) is 0. The molecule has 42 valence electrons. The van der Waals surface area contributed by atoms with Crippen LogP contribution in [0.1, 0.15) is 0 Å². The molecule has 3 heteroatoms. The highest BCUT2D eigenvalue weighted by Crippen LogP contribution is 1.95. The van der Waals surface area contributed by atoms with Gasteiger partial charge in [-0.2, -0.15) is 0 Å². The average Bonchev–Trinajstić information content (AvgIpc) is 1.77. The minimum absolute atomic E-state index is 0.313. The SMILES string of the molecule is O[n+]1ccccc1Cl. The van der Waals surface area contributed by atoms with E-state index in [1.165, 1.54) is 6.20 Å². The van der Waals surface area contributed by atoms with E-state index in [1.54, 1.807) is 18.2 Å². The van der Waals surface area contributed by atoms with Crippen molar-refractivity contribution in [1.82, 2.24) is 0 Å². The molecule has 0 aromatic carbocycles. The van der Waals surface area contributed by atoms with Gasteiger partial charge in [-0.3, -0.25) is 5.21 Å². The molecule has 0 aliphatic heterocycles. The van der Waals surface area contributed by atoms with E-state index in [4.69, 9.17) is 16.8 Å². The third kappa shape index (κ3) is 0.898. The molecular formula is C5H5ClNO+. The van der Waals surface area contributed by atoms with Gasteiger partial charge in [-0.15, -0.1) is 0 Å². The molecule has 1 rings (SSSR count). The van der Waals surface area contributed by atoms with Crippen LogP contribution in [-0.2, 0) is 0 Å². The van der Waals surface area contributed by atoms with Gasteiger partial charge in [0.2, 0.25) is 6.20 Å². The van der Waals surface area contributed by atoms with Gasteiger partial charge in [-0.1, -0.05) is 0 Å². The molecule has 0 spiro atoms. The van der Waals surface area contributed by atoms with Gasteiger partial charge < -0.3 is 0 Å². The summed E-state index contributed by atoms with van der Waals surface area (Å²) >= 11 is 5.42. The second kappa shape index (κ2) is 2.01. The number of hydrogen-bond donors (Lipinski definition) is 1. The minimum Gasteiger partial charge on any atom is -0.284 e. The van der Waals surface area contributed by atoms with E-state index in [0.29, 0.717) is 5.15 Å². The monoisotopic (exact) mass is 130 g/mol. The van der Waals surface area contributed by atoms with Crippen LogP contribution in [0.4, 0.5) is 0 Å². The van der Waals surface area contributed by atoms with Gasteiger partial charge in [-0.25, -0.2) is 0 Å². The Morgan fingerprint density at radius 3 is 2.62 bits per heavy atom. The van der Waals surface area contributed by atoms with Crippen molar-refractivity contribution in [2.75, 3.05) is 0 Å². The number of rotatable bonds is 0. The largest absolute Gasteiger partial charge is 0.324 e. The fourth-order valence-corrected chi connectivity index (χ4v) is 0.543. The molecule has 0 saturated heterocycles. The molecule has 8 heavy (non-hydrogen) atoms. The van der Waals surface area contributed by atoms with E-state index in [2.05, 4.69) is 0 Å². The van der Waals surface area contributed by atoms with E-state index >= 15 is 0 Å². The fraction of sp³-hybridized carbons (Fsp3) is 0. The topological polar surface area (TPSA) is 24.1 Å². The van der Waals surface area contributed by atoms with E-state index in [9.17, 15) is 0 Å². The smallest absolute Gasteiger partial charge is 0.284 e. The zero-order chi connectivity index (χ0) is 5.98. The summed E-state index contributed by atoms with van der Waals surface area (Å²) in [6.45, 7) is 0. The molecule has 0 radical (unpaired) electrons. The normalized spacial score (nSPS) is 9.12. The van der Waals surface area contributed by atoms with Crippen molar-refractivity contribution >= 4 is 11.6 Å². The number of aromatic nitrogens is 1. The zero-order valence-electron chi connectivity index (χ0n) is 4.08. The number of nitrogens with zero attached hydrogens (tertiary/aromatic N) is 1.